The average Bonchev–Trinajstić information content (AvgIpc) is 3.31. The molecule has 1 heterocycles. The summed E-state index contributed by atoms with van der Waals surface area (Å²) in [6.45, 7) is 0.563. The van der Waals surface area contributed by atoms with Crippen LogP contribution < -0.4 is 10.6 Å². The Morgan fingerprint density at radius 3 is 2.35 bits per heavy atom. The van der Waals surface area contributed by atoms with Crippen LogP contribution in [0.1, 0.15) is 12.8 Å². The number of nitrogens with one attached hydrogen (secondary N) is 2. The molecule has 158 valence electrons. The predicted octanol–water partition coefficient (Wildman–Crippen LogP) is 5.71. The van der Waals surface area contributed by atoms with Gasteiger partial charge in [0, 0.05) is 28.4 Å². The molecule has 31 heavy (non-hydrogen) atoms. The second kappa shape index (κ2) is 9.71. The molecule has 1 aliphatic rings. The molecule has 0 radical (unpaired) electrons. The largest absolute Gasteiger partial charge is 0.324 e. The van der Waals surface area contributed by atoms with E-state index in [4.69, 9.17) is 0 Å². The van der Waals surface area contributed by atoms with Gasteiger partial charge in [-0.2, -0.15) is 0 Å². The van der Waals surface area contributed by atoms with E-state index in [9.17, 15) is 9.59 Å². The minimum Gasteiger partial charge on any atom is -0.324 e. The first-order valence-corrected chi connectivity index (χ1v) is 11.5. The summed E-state index contributed by atoms with van der Waals surface area (Å²) in [5, 5.41) is 5.97. The minimum absolute atomic E-state index is 0.159. The molecule has 3 aromatic rings. The zero-order chi connectivity index (χ0) is 21.6. The van der Waals surface area contributed by atoms with Gasteiger partial charge in [-0.1, -0.05) is 48.5 Å². The van der Waals surface area contributed by atoms with E-state index in [-0.39, 0.29) is 11.9 Å². The number of hydrogen-bond donors (Lipinski definition) is 2. The molecule has 5 nitrogen and oxygen atoms in total. The van der Waals surface area contributed by atoms with Crippen molar-refractivity contribution in [3.63, 3.8) is 0 Å². The van der Waals surface area contributed by atoms with Crippen molar-refractivity contribution < 1.29 is 9.59 Å². The Labute approximate surface area is 186 Å². The van der Waals surface area contributed by atoms with Gasteiger partial charge in [0.25, 0.3) is 0 Å². The van der Waals surface area contributed by atoms with Crippen molar-refractivity contribution in [2.24, 2.45) is 0 Å². The van der Waals surface area contributed by atoms with Crippen LogP contribution in [-0.4, -0.2) is 35.7 Å². The number of amides is 3. The fraction of sp³-hybridized carbons (Fsp3) is 0.200. The second-order valence-corrected chi connectivity index (χ2v) is 8.29. The van der Waals surface area contributed by atoms with Crippen molar-refractivity contribution in [1.82, 2.24) is 4.90 Å². The van der Waals surface area contributed by atoms with E-state index in [1.807, 2.05) is 85.1 Å². The molecule has 3 amide bonds. The lowest BCUT2D eigenvalue weighted by atomic mass is 10.0. The normalized spacial score (nSPS) is 15.5. The maximum absolute atomic E-state index is 13.1. The van der Waals surface area contributed by atoms with E-state index < -0.39 is 6.04 Å². The number of nitrogens with zero attached hydrogens (tertiary/aromatic N) is 1. The monoisotopic (exact) mass is 431 g/mol. The van der Waals surface area contributed by atoms with Gasteiger partial charge in [-0.05, 0) is 55.0 Å². The molecule has 1 unspecified atom stereocenters. The van der Waals surface area contributed by atoms with Gasteiger partial charge in [0.15, 0.2) is 0 Å². The molecule has 0 spiro atoms. The summed E-state index contributed by atoms with van der Waals surface area (Å²) in [5.41, 5.74) is 3.47. The number of thioether (sulfide) groups is 1. The molecule has 2 N–H and O–H groups in total. The van der Waals surface area contributed by atoms with Gasteiger partial charge in [-0.3, -0.25) is 4.79 Å². The summed E-state index contributed by atoms with van der Waals surface area (Å²) in [4.78, 5) is 28.7. The molecule has 0 aliphatic carbocycles. The predicted molar refractivity (Wildman–Crippen MR) is 127 cm³/mol. The Kier molecular flexibility index (Phi) is 6.57. The van der Waals surface area contributed by atoms with E-state index in [1.54, 1.807) is 16.7 Å². The molecule has 3 aromatic carbocycles. The van der Waals surface area contributed by atoms with E-state index in [0.717, 1.165) is 33.8 Å². The molecule has 1 atom stereocenters. The lowest BCUT2D eigenvalue weighted by Gasteiger charge is -2.25. The van der Waals surface area contributed by atoms with Gasteiger partial charge in [0.05, 0.1) is 0 Å². The van der Waals surface area contributed by atoms with E-state index in [1.165, 1.54) is 0 Å². The first kappa shape index (κ1) is 21.0. The summed E-state index contributed by atoms with van der Waals surface area (Å²) in [7, 11) is 0. The quantitative estimate of drug-likeness (QED) is 0.509. The number of carbonyl (C=O) groups is 2. The third-order valence-electron chi connectivity index (χ3n) is 5.43. The molecule has 0 bridgehead atoms. The summed E-state index contributed by atoms with van der Waals surface area (Å²) in [6.07, 6.45) is 3.46. The van der Waals surface area contributed by atoms with Crippen molar-refractivity contribution in [2.75, 3.05) is 23.4 Å². The number of hydrogen-bond acceptors (Lipinski definition) is 3. The Balaban J connectivity index is 1.47. The SMILES string of the molecule is CSc1ccc(NC(=O)N2CCCC2C(=O)Nc2ccccc2-c2ccccc2)cc1. The van der Waals surface area contributed by atoms with Gasteiger partial charge in [0.1, 0.15) is 6.04 Å². The smallest absolute Gasteiger partial charge is 0.322 e. The number of anilines is 2. The van der Waals surface area contributed by atoms with Gasteiger partial charge >= 0.3 is 6.03 Å². The number of benzene rings is 3. The fourth-order valence-corrected chi connectivity index (χ4v) is 4.24. The van der Waals surface area contributed by atoms with Gasteiger partial charge in [-0.25, -0.2) is 4.79 Å². The molecule has 1 saturated heterocycles. The van der Waals surface area contributed by atoms with Crippen LogP contribution in [0.15, 0.2) is 83.8 Å². The number of rotatable bonds is 5. The molecular formula is C25H25N3O2S. The van der Waals surface area contributed by atoms with Gasteiger partial charge in [-0.15, -0.1) is 11.8 Å². The van der Waals surface area contributed by atoms with Crippen LogP contribution in [0.3, 0.4) is 0 Å². The van der Waals surface area contributed by atoms with Crippen molar-refractivity contribution in [3.8, 4) is 11.1 Å². The average molecular weight is 432 g/mol. The molecule has 0 saturated carbocycles. The van der Waals surface area contributed by atoms with Crippen molar-refractivity contribution in [1.29, 1.82) is 0 Å². The van der Waals surface area contributed by atoms with Crippen LogP contribution in [0.25, 0.3) is 11.1 Å². The topological polar surface area (TPSA) is 61.4 Å². The number of likely N-dealkylation sites (tertiary alicyclic amines) is 1. The highest BCUT2D eigenvalue weighted by Gasteiger charge is 2.34. The van der Waals surface area contributed by atoms with Crippen molar-refractivity contribution in [2.45, 2.75) is 23.8 Å². The summed E-state index contributed by atoms with van der Waals surface area (Å²) >= 11 is 1.65. The van der Waals surface area contributed by atoms with Crippen LogP contribution in [0, 0.1) is 0 Å². The molecule has 1 fully saturated rings. The third kappa shape index (κ3) is 4.91. The van der Waals surface area contributed by atoms with Crippen LogP contribution in [0.5, 0.6) is 0 Å². The van der Waals surface area contributed by atoms with E-state index in [0.29, 0.717) is 13.0 Å². The Bertz CT molecular complexity index is 1050. The minimum atomic E-state index is -0.491. The summed E-state index contributed by atoms with van der Waals surface area (Å²) in [6, 6.07) is 24.6. The Morgan fingerprint density at radius 1 is 0.903 bits per heavy atom. The van der Waals surface area contributed by atoms with Crippen LogP contribution >= 0.6 is 11.8 Å². The van der Waals surface area contributed by atoms with E-state index >= 15 is 0 Å². The van der Waals surface area contributed by atoms with Crippen LogP contribution in [-0.2, 0) is 4.79 Å². The fourth-order valence-electron chi connectivity index (χ4n) is 3.83. The molecule has 1 aliphatic heterocycles. The number of para-hydroxylation sites is 1. The highest BCUT2D eigenvalue weighted by molar-refractivity contribution is 7.98. The third-order valence-corrected chi connectivity index (χ3v) is 6.17. The zero-order valence-electron chi connectivity index (χ0n) is 17.4. The van der Waals surface area contributed by atoms with Gasteiger partial charge < -0.3 is 15.5 Å². The van der Waals surface area contributed by atoms with Crippen LogP contribution in [0.2, 0.25) is 0 Å². The number of carbonyl (C=O) groups excluding carboxylic acids is 2. The first-order valence-electron chi connectivity index (χ1n) is 10.3. The van der Waals surface area contributed by atoms with Crippen molar-refractivity contribution >= 4 is 35.1 Å². The molecule has 4 rings (SSSR count). The lowest BCUT2D eigenvalue weighted by Crippen LogP contribution is -2.45. The second-order valence-electron chi connectivity index (χ2n) is 7.41. The zero-order valence-corrected chi connectivity index (χ0v) is 18.2. The summed E-state index contributed by atoms with van der Waals surface area (Å²) < 4.78 is 0. The molecular weight excluding hydrogens is 406 g/mol. The van der Waals surface area contributed by atoms with Crippen LogP contribution in [0.4, 0.5) is 16.2 Å². The number of urea groups is 1. The Hall–Kier alpha value is -3.25. The lowest BCUT2D eigenvalue weighted by molar-refractivity contribution is -0.119. The maximum Gasteiger partial charge on any atom is 0.322 e. The highest BCUT2D eigenvalue weighted by atomic mass is 32.2. The molecule has 0 aromatic heterocycles. The van der Waals surface area contributed by atoms with E-state index in [2.05, 4.69) is 10.6 Å². The first-order chi connectivity index (χ1) is 15.2. The maximum atomic E-state index is 13.1. The standard InChI is InChI=1S/C25H25N3O2S/c1-31-20-15-13-19(14-16-20)26-25(30)28-17-7-12-23(28)24(29)27-22-11-6-5-10-21(22)18-8-3-2-4-9-18/h2-6,8-11,13-16,23H,7,12,17H2,1H3,(H,26,30)(H,27,29). The summed E-state index contributed by atoms with van der Waals surface area (Å²) in [5.74, 6) is -0.159. The highest BCUT2D eigenvalue weighted by Crippen LogP contribution is 2.29. The van der Waals surface area contributed by atoms with Crippen molar-refractivity contribution in [3.05, 3.63) is 78.9 Å². The Morgan fingerprint density at radius 2 is 1.61 bits per heavy atom. The molecule has 6 heteroatoms. The van der Waals surface area contributed by atoms with Gasteiger partial charge in [0.2, 0.25) is 5.91 Å².